The van der Waals surface area contributed by atoms with E-state index in [1.807, 2.05) is 18.2 Å². The normalized spacial score (nSPS) is 19.7. The number of aromatic hydroxyl groups is 2. The van der Waals surface area contributed by atoms with Crippen molar-refractivity contribution in [2.24, 2.45) is 0 Å². The van der Waals surface area contributed by atoms with Gasteiger partial charge in [-0.15, -0.1) is 0 Å². The van der Waals surface area contributed by atoms with Gasteiger partial charge < -0.3 is 10.2 Å². The van der Waals surface area contributed by atoms with Gasteiger partial charge in [0.2, 0.25) is 0 Å². The molecule has 0 amide bonds. The lowest BCUT2D eigenvalue weighted by molar-refractivity contribution is 0.0956. The maximum atomic E-state index is 13.1. The molecule has 2 N–H and O–H groups in total. The van der Waals surface area contributed by atoms with Crippen LogP contribution in [-0.2, 0) is 19.3 Å². The Morgan fingerprint density at radius 1 is 0.828 bits per heavy atom. The second-order valence-electron chi connectivity index (χ2n) is 8.29. The summed E-state index contributed by atoms with van der Waals surface area (Å²) in [5.74, 6) is 0.0459. The molecule has 0 fully saturated rings. The van der Waals surface area contributed by atoms with Crippen molar-refractivity contribution >= 4 is 5.78 Å². The van der Waals surface area contributed by atoms with E-state index in [2.05, 4.69) is 30.3 Å². The fourth-order valence-corrected chi connectivity index (χ4v) is 5.12. The van der Waals surface area contributed by atoms with Gasteiger partial charge in [0.05, 0.1) is 5.56 Å². The van der Waals surface area contributed by atoms with Crippen LogP contribution in [0, 0.1) is 0 Å². The van der Waals surface area contributed by atoms with Gasteiger partial charge in [0, 0.05) is 5.92 Å². The number of phenolic OH excluding ortho intramolecular Hbond substituents is 2. The number of Topliss-reactive ketones (excluding diaryl/α,β-unsaturated/α-hetero) is 1. The summed E-state index contributed by atoms with van der Waals surface area (Å²) in [6.07, 6.45) is 4.37. The van der Waals surface area contributed by atoms with Crippen molar-refractivity contribution in [2.75, 3.05) is 0 Å². The molecule has 0 spiro atoms. The summed E-state index contributed by atoms with van der Waals surface area (Å²) in [6, 6.07) is 19.5. The fourth-order valence-electron chi connectivity index (χ4n) is 5.12. The average Bonchev–Trinajstić information content (AvgIpc) is 3.34. The molecule has 0 saturated carbocycles. The van der Waals surface area contributed by atoms with Gasteiger partial charge in [-0.05, 0) is 78.0 Å². The fraction of sp³-hybridized carbons (Fsp3) is 0.269. The predicted molar refractivity (Wildman–Crippen MR) is 113 cm³/mol. The molecule has 3 aromatic rings. The first-order valence-electron chi connectivity index (χ1n) is 10.4. The summed E-state index contributed by atoms with van der Waals surface area (Å²) in [7, 11) is 0. The van der Waals surface area contributed by atoms with Crippen molar-refractivity contribution in [1.82, 2.24) is 0 Å². The molecule has 0 aliphatic heterocycles. The monoisotopic (exact) mass is 384 g/mol. The average molecular weight is 384 g/mol. The number of benzene rings is 3. The van der Waals surface area contributed by atoms with E-state index in [-0.39, 0.29) is 28.8 Å². The zero-order valence-corrected chi connectivity index (χ0v) is 16.3. The number of fused-ring (bicyclic) bond motifs is 2. The third-order valence-electron chi connectivity index (χ3n) is 6.64. The SMILES string of the molecule is O=C(c1cc(O)c(CC2CCc3ccccc32)cc1O)C1CCc2ccccc21. The summed E-state index contributed by atoms with van der Waals surface area (Å²) >= 11 is 0. The molecule has 2 aliphatic carbocycles. The Kier molecular flexibility index (Phi) is 4.39. The lowest BCUT2D eigenvalue weighted by atomic mass is 9.89. The number of hydrogen-bond acceptors (Lipinski definition) is 3. The minimum atomic E-state index is -0.246. The molecule has 3 aromatic carbocycles. The quantitative estimate of drug-likeness (QED) is 0.475. The Bertz CT molecular complexity index is 1100. The van der Waals surface area contributed by atoms with Crippen LogP contribution < -0.4 is 0 Å². The highest BCUT2D eigenvalue weighted by molar-refractivity contribution is 6.04. The molecule has 0 bridgehead atoms. The second kappa shape index (κ2) is 7.07. The topological polar surface area (TPSA) is 57.5 Å². The van der Waals surface area contributed by atoms with Crippen LogP contribution in [0.15, 0.2) is 60.7 Å². The molecule has 146 valence electrons. The summed E-state index contributed by atoms with van der Waals surface area (Å²) in [5.41, 5.74) is 5.86. The van der Waals surface area contributed by atoms with Gasteiger partial charge in [-0.2, -0.15) is 0 Å². The van der Waals surface area contributed by atoms with E-state index in [0.29, 0.717) is 17.9 Å². The van der Waals surface area contributed by atoms with E-state index in [4.69, 9.17) is 0 Å². The molecule has 2 atom stereocenters. The van der Waals surface area contributed by atoms with Crippen LogP contribution in [0.1, 0.15) is 62.9 Å². The third kappa shape index (κ3) is 3.11. The number of carbonyl (C=O) groups is 1. The van der Waals surface area contributed by atoms with Crippen LogP contribution in [-0.4, -0.2) is 16.0 Å². The molecule has 3 nitrogen and oxygen atoms in total. The van der Waals surface area contributed by atoms with E-state index in [9.17, 15) is 15.0 Å². The zero-order valence-electron chi connectivity index (χ0n) is 16.3. The van der Waals surface area contributed by atoms with Crippen LogP contribution in [0.5, 0.6) is 11.5 Å². The maximum Gasteiger partial charge on any atom is 0.174 e. The summed E-state index contributed by atoms with van der Waals surface area (Å²) in [4.78, 5) is 13.1. The standard InChI is InChI=1S/C26H24O3/c27-24-15-23(26(29)22-12-11-17-6-2-4-8-21(17)22)25(28)14-19(24)13-18-10-9-16-5-1-3-7-20(16)18/h1-8,14-15,18,22,27-28H,9-13H2. The van der Waals surface area contributed by atoms with Crippen molar-refractivity contribution in [1.29, 1.82) is 0 Å². The van der Waals surface area contributed by atoms with Gasteiger partial charge >= 0.3 is 0 Å². The molecule has 0 saturated heterocycles. The van der Waals surface area contributed by atoms with Crippen LogP contribution in [0.25, 0.3) is 0 Å². The van der Waals surface area contributed by atoms with E-state index in [1.165, 1.54) is 22.8 Å². The Balaban J connectivity index is 1.41. The molecule has 0 radical (unpaired) electrons. The highest BCUT2D eigenvalue weighted by Gasteiger charge is 2.31. The molecule has 3 heteroatoms. The maximum absolute atomic E-state index is 13.1. The summed E-state index contributed by atoms with van der Waals surface area (Å²) < 4.78 is 0. The van der Waals surface area contributed by atoms with Gasteiger partial charge in [-0.3, -0.25) is 4.79 Å². The summed E-state index contributed by atoms with van der Waals surface area (Å²) in [5, 5.41) is 21.3. The van der Waals surface area contributed by atoms with Gasteiger partial charge in [0.15, 0.2) is 5.78 Å². The van der Waals surface area contributed by atoms with E-state index in [0.717, 1.165) is 31.2 Å². The Hall–Kier alpha value is -3.07. The van der Waals surface area contributed by atoms with Gasteiger partial charge in [0.25, 0.3) is 0 Å². The lowest BCUT2D eigenvalue weighted by Gasteiger charge is -2.16. The highest BCUT2D eigenvalue weighted by atomic mass is 16.3. The van der Waals surface area contributed by atoms with Crippen LogP contribution in [0.3, 0.4) is 0 Å². The molecule has 0 heterocycles. The van der Waals surface area contributed by atoms with E-state index < -0.39 is 0 Å². The number of ketones is 1. The smallest absolute Gasteiger partial charge is 0.174 e. The van der Waals surface area contributed by atoms with Crippen molar-refractivity contribution < 1.29 is 15.0 Å². The number of phenols is 2. The first-order valence-corrected chi connectivity index (χ1v) is 10.4. The number of hydrogen-bond donors (Lipinski definition) is 2. The Labute approximate surface area is 170 Å². The van der Waals surface area contributed by atoms with Gasteiger partial charge in [-0.1, -0.05) is 48.5 Å². The molecule has 2 unspecified atom stereocenters. The first kappa shape index (κ1) is 18.0. The van der Waals surface area contributed by atoms with E-state index >= 15 is 0 Å². The van der Waals surface area contributed by atoms with Crippen LogP contribution >= 0.6 is 0 Å². The van der Waals surface area contributed by atoms with Crippen molar-refractivity contribution in [3.63, 3.8) is 0 Å². The first-order chi connectivity index (χ1) is 14.1. The molecule has 2 aliphatic rings. The molecule has 5 rings (SSSR count). The largest absolute Gasteiger partial charge is 0.508 e. The lowest BCUT2D eigenvalue weighted by Crippen LogP contribution is -2.11. The zero-order chi connectivity index (χ0) is 20.0. The molecular formula is C26H24O3. The van der Waals surface area contributed by atoms with Crippen LogP contribution in [0.2, 0.25) is 0 Å². The Morgan fingerprint density at radius 3 is 2.28 bits per heavy atom. The van der Waals surface area contributed by atoms with Crippen molar-refractivity contribution in [2.45, 2.75) is 43.9 Å². The number of aryl methyl sites for hydroxylation is 2. The van der Waals surface area contributed by atoms with Gasteiger partial charge in [0.1, 0.15) is 11.5 Å². The second-order valence-corrected chi connectivity index (χ2v) is 8.29. The molecule has 0 aromatic heterocycles. The van der Waals surface area contributed by atoms with Crippen molar-refractivity contribution in [3.05, 3.63) is 94.0 Å². The van der Waals surface area contributed by atoms with Crippen LogP contribution in [0.4, 0.5) is 0 Å². The number of carbonyl (C=O) groups excluding carboxylic acids is 1. The Morgan fingerprint density at radius 2 is 1.48 bits per heavy atom. The third-order valence-corrected chi connectivity index (χ3v) is 6.64. The minimum absolute atomic E-state index is 0.0292. The number of rotatable bonds is 4. The predicted octanol–water partition coefficient (Wildman–Crippen LogP) is 5.28. The highest BCUT2D eigenvalue weighted by Crippen LogP contribution is 2.41. The minimum Gasteiger partial charge on any atom is -0.508 e. The van der Waals surface area contributed by atoms with Gasteiger partial charge in [-0.25, -0.2) is 0 Å². The molecule has 29 heavy (non-hydrogen) atoms. The molecular weight excluding hydrogens is 360 g/mol. The summed E-state index contributed by atoms with van der Waals surface area (Å²) in [6.45, 7) is 0. The van der Waals surface area contributed by atoms with E-state index in [1.54, 1.807) is 6.07 Å². The van der Waals surface area contributed by atoms with Crippen molar-refractivity contribution in [3.8, 4) is 11.5 Å².